The lowest BCUT2D eigenvalue weighted by atomic mass is 9.97. The molecule has 0 radical (unpaired) electrons. The Morgan fingerprint density at radius 3 is 3.17 bits per heavy atom. The number of aromatic nitrogens is 3. The molecule has 1 aliphatic rings. The fourth-order valence-electron chi connectivity index (χ4n) is 3.37. The maximum Gasteiger partial charge on any atom is 0.252 e. The molecular formula is C18H20N4O2. The number of benzene rings is 1. The number of ether oxygens (including phenoxy) is 1. The predicted octanol–water partition coefficient (Wildman–Crippen LogP) is 2.55. The molecule has 2 N–H and O–H groups in total. The fraction of sp³-hybridized carbons (Fsp3) is 0.333. The van der Waals surface area contributed by atoms with Crippen molar-refractivity contribution in [2.75, 3.05) is 6.61 Å². The molecule has 3 aromatic rings. The Kier molecular flexibility index (Phi) is 3.82. The first-order valence-corrected chi connectivity index (χ1v) is 8.19. The van der Waals surface area contributed by atoms with E-state index in [-0.39, 0.29) is 18.1 Å². The van der Waals surface area contributed by atoms with Crippen LogP contribution >= 0.6 is 0 Å². The number of carbonyl (C=O) groups is 1. The van der Waals surface area contributed by atoms with E-state index < -0.39 is 0 Å². The minimum absolute atomic E-state index is 0.0513. The van der Waals surface area contributed by atoms with E-state index in [0.29, 0.717) is 12.2 Å². The number of aromatic amines is 1. The van der Waals surface area contributed by atoms with Crippen molar-refractivity contribution in [3.63, 3.8) is 0 Å². The van der Waals surface area contributed by atoms with E-state index in [4.69, 9.17) is 4.74 Å². The molecule has 4 rings (SSSR count). The van der Waals surface area contributed by atoms with Crippen LogP contribution in [0.5, 0.6) is 0 Å². The number of carbonyl (C=O) groups excluding carboxylic acids is 1. The number of fused-ring (bicyclic) bond motifs is 1. The lowest BCUT2D eigenvalue weighted by Gasteiger charge is -2.31. The van der Waals surface area contributed by atoms with Crippen LogP contribution in [0.3, 0.4) is 0 Å². The van der Waals surface area contributed by atoms with E-state index >= 15 is 0 Å². The second-order valence-electron chi connectivity index (χ2n) is 6.21. The van der Waals surface area contributed by atoms with E-state index in [0.717, 1.165) is 29.3 Å². The number of nitrogens with zero attached hydrogens (tertiary/aromatic N) is 2. The van der Waals surface area contributed by atoms with Crippen molar-refractivity contribution < 1.29 is 9.53 Å². The Hall–Kier alpha value is -2.60. The van der Waals surface area contributed by atoms with Crippen molar-refractivity contribution in [1.82, 2.24) is 20.1 Å². The summed E-state index contributed by atoms with van der Waals surface area (Å²) in [4.78, 5) is 15.9. The average Bonchev–Trinajstić information content (AvgIpc) is 3.23. The van der Waals surface area contributed by atoms with Gasteiger partial charge in [-0.2, -0.15) is 5.10 Å². The normalized spacial score (nSPS) is 21.0. The first-order chi connectivity index (χ1) is 11.7. The molecule has 124 valence electrons. The van der Waals surface area contributed by atoms with Crippen LogP contribution in [0.2, 0.25) is 0 Å². The largest absolute Gasteiger partial charge is 0.371 e. The average molecular weight is 324 g/mol. The van der Waals surface area contributed by atoms with Gasteiger partial charge in [0.1, 0.15) is 6.10 Å². The van der Waals surface area contributed by atoms with Crippen molar-refractivity contribution in [2.24, 2.45) is 7.05 Å². The number of hydrogen-bond acceptors (Lipinski definition) is 3. The molecule has 0 aliphatic carbocycles. The molecule has 1 aliphatic heterocycles. The summed E-state index contributed by atoms with van der Waals surface area (Å²) in [5.41, 5.74) is 2.65. The summed E-state index contributed by atoms with van der Waals surface area (Å²) >= 11 is 0. The zero-order valence-corrected chi connectivity index (χ0v) is 13.5. The van der Waals surface area contributed by atoms with Gasteiger partial charge in [0.25, 0.3) is 5.91 Å². The van der Waals surface area contributed by atoms with Crippen LogP contribution in [0.15, 0.2) is 42.9 Å². The minimum Gasteiger partial charge on any atom is -0.371 e. The maximum absolute atomic E-state index is 12.8. The number of nitrogens with one attached hydrogen (secondary N) is 2. The SMILES string of the molecule is Cn1cc([C@H]2OCCC[C@@H]2NC(=O)c2cccc3[nH]ccc23)cn1. The fourth-order valence-corrected chi connectivity index (χ4v) is 3.37. The van der Waals surface area contributed by atoms with E-state index in [1.807, 2.05) is 49.9 Å². The van der Waals surface area contributed by atoms with Crippen LogP contribution in [0.1, 0.15) is 34.9 Å². The lowest BCUT2D eigenvalue weighted by Crippen LogP contribution is -2.42. The number of hydrogen-bond donors (Lipinski definition) is 2. The Morgan fingerprint density at radius 1 is 1.42 bits per heavy atom. The van der Waals surface area contributed by atoms with Gasteiger partial charge in [-0.25, -0.2) is 0 Å². The smallest absolute Gasteiger partial charge is 0.252 e. The van der Waals surface area contributed by atoms with Crippen molar-refractivity contribution in [1.29, 1.82) is 0 Å². The third kappa shape index (κ3) is 2.69. The third-order valence-electron chi connectivity index (χ3n) is 4.53. The molecule has 2 aromatic heterocycles. The molecule has 1 saturated heterocycles. The second kappa shape index (κ2) is 6.13. The first kappa shape index (κ1) is 15.0. The van der Waals surface area contributed by atoms with Crippen LogP contribution in [0, 0.1) is 0 Å². The molecule has 0 spiro atoms. The molecular weight excluding hydrogens is 304 g/mol. The minimum atomic E-state index is -0.151. The van der Waals surface area contributed by atoms with Gasteiger partial charge in [0.2, 0.25) is 0 Å². The first-order valence-electron chi connectivity index (χ1n) is 8.19. The molecule has 0 unspecified atom stereocenters. The van der Waals surface area contributed by atoms with Crippen molar-refractivity contribution in [2.45, 2.75) is 25.0 Å². The molecule has 0 bridgehead atoms. The van der Waals surface area contributed by atoms with Gasteiger partial charge in [-0.15, -0.1) is 0 Å². The van der Waals surface area contributed by atoms with Gasteiger partial charge in [0.15, 0.2) is 0 Å². The summed E-state index contributed by atoms with van der Waals surface area (Å²) in [5.74, 6) is -0.0652. The molecule has 6 nitrogen and oxygen atoms in total. The van der Waals surface area contributed by atoms with Crippen LogP contribution in [-0.2, 0) is 11.8 Å². The van der Waals surface area contributed by atoms with Gasteiger partial charge in [-0.05, 0) is 31.0 Å². The summed E-state index contributed by atoms with van der Waals surface area (Å²) < 4.78 is 7.68. The zero-order valence-electron chi connectivity index (χ0n) is 13.5. The van der Waals surface area contributed by atoms with Gasteiger partial charge >= 0.3 is 0 Å². The van der Waals surface area contributed by atoms with Crippen LogP contribution in [-0.4, -0.2) is 33.3 Å². The van der Waals surface area contributed by atoms with Crippen molar-refractivity contribution in [3.8, 4) is 0 Å². The highest BCUT2D eigenvalue weighted by Crippen LogP contribution is 2.28. The van der Waals surface area contributed by atoms with Gasteiger partial charge in [0, 0.05) is 48.1 Å². The van der Waals surface area contributed by atoms with Crippen LogP contribution in [0.25, 0.3) is 10.9 Å². The Bertz CT molecular complexity index is 867. The van der Waals surface area contributed by atoms with Gasteiger partial charge < -0.3 is 15.0 Å². The topological polar surface area (TPSA) is 71.9 Å². The van der Waals surface area contributed by atoms with Gasteiger partial charge in [-0.3, -0.25) is 9.48 Å². The third-order valence-corrected chi connectivity index (χ3v) is 4.53. The summed E-state index contributed by atoms with van der Waals surface area (Å²) in [6.07, 6.45) is 7.29. The summed E-state index contributed by atoms with van der Waals surface area (Å²) in [5, 5.41) is 8.31. The highest BCUT2D eigenvalue weighted by Gasteiger charge is 2.30. The summed E-state index contributed by atoms with van der Waals surface area (Å²) in [7, 11) is 1.88. The zero-order chi connectivity index (χ0) is 16.5. The molecule has 24 heavy (non-hydrogen) atoms. The molecule has 1 aromatic carbocycles. The Balaban J connectivity index is 1.58. The molecule has 6 heteroatoms. The molecule has 1 amide bonds. The maximum atomic E-state index is 12.8. The van der Waals surface area contributed by atoms with E-state index in [1.165, 1.54) is 0 Å². The number of amides is 1. The van der Waals surface area contributed by atoms with Crippen LogP contribution < -0.4 is 5.32 Å². The predicted molar refractivity (Wildman–Crippen MR) is 90.7 cm³/mol. The monoisotopic (exact) mass is 324 g/mol. The van der Waals surface area contributed by atoms with Crippen molar-refractivity contribution in [3.05, 3.63) is 54.0 Å². The highest BCUT2D eigenvalue weighted by atomic mass is 16.5. The molecule has 1 fully saturated rings. The Labute approximate surface area is 139 Å². The number of aryl methyl sites for hydroxylation is 1. The van der Waals surface area contributed by atoms with E-state index in [2.05, 4.69) is 15.4 Å². The van der Waals surface area contributed by atoms with Gasteiger partial charge in [0.05, 0.1) is 12.2 Å². The Morgan fingerprint density at radius 2 is 2.33 bits per heavy atom. The quantitative estimate of drug-likeness (QED) is 0.778. The lowest BCUT2D eigenvalue weighted by molar-refractivity contribution is -0.00947. The second-order valence-corrected chi connectivity index (χ2v) is 6.21. The molecule has 3 heterocycles. The summed E-state index contributed by atoms with van der Waals surface area (Å²) in [6.45, 7) is 0.708. The standard InChI is InChI=1S/C18H20N4O2/c1-22-11-12(10-20-22)17-16(6-3-9-24-17)21-18(23)14-4-2-5-15-13(14)7-8-19-15/h2,4-5,7-8,10-11,16-17,19H,3,6,9H2,1H3,(H,21,23)/t16-,17+/m0/s1. The van der Waals surface area contributed by atoms with Crippen molar-refractivity contribution >= 4 is 16.8 Å². The van der Waals surface area contributed by atoms with E-state index in [9.17, 15) is 4.79 Å². The van der Waals surface area contributed by atoms with E-state index in [1.54, 1.807) is 4.68 Å². The number of H-pyrrole nitrogens is 1. The number of rotatable bonds is 3. The molecule has 0 saturated carbocycles. The summed E-state index contributed by atoms with van der Waals surface area (Å²) in [6, 6.07) is 7.59. The van der Waals surface area contributed by atoms with Crippen LogP contribution in [0.4, 0.5) is 0 Å². The van der Waals surface area contributed by atoms with Gasteiger partial charge in [-0.1, -0.05) is 6.07 Å². The molecule has 2 atom stereocenters. The highest BCUT2D eigenvalue weighted by molar-refractivity contribution is 6.06.